The number of para-hydroxylation sites is 1. The molecule has 3 nitrogen and oxygen atoms in total. The van der Waals surface area contributed by atoms with Gasteiger partial charge in [0.15, 0.2) is 0 Å². The Balaban J connectivity index is 1.56. The maximum absolute atomic E-state index is 11.7. The first kappa shape index (κ1) is 18.3. The van der Waals surface area contributed by atoms with Crippen molar-refractivity contribution in [1.82, 2.24) is 4.57 Å². The van der Waals surface area contributed by atoms with Gasteiger partial charge in [-0.2, -0.15) is 0 Å². The molecule has 150 valence electrons. The molecule has 3 heteroatoms. The zero-order valence-electron chi connectivity index (χ0n) is 17.9. The Bertz CT molecular complexity index is 957. The van der Waals surface area contributed by atoms with E-state index in [1.165, 1.54) is 35.9 Å². The van der Waals surface area contributed by atoms with Crippen molar-refractivity contribution in [3.63, 3.8) is 0 Å². The second-order valence-electron chi connectivity index (χ2n) is 10.7. The van der Waals surface area contributed by atoms with Gasteiger partial charge in [0, 0.05) is 29.1 Å². The number of benzene rings is 1. The van der Waals surface area contributed by atoms with Gasteiger partial charge in [0.1, 0.15) is 6.10 Å². The lowest BCUT2D eigenvalue weighted by Gasteiger charge is -2.62. The molecule has 0 N–H and O–H groups in total. The average Bonchev–Trinajstić information content (AvgIpc) is 3.13. The first-order chi connectivity index (χ1) is 13.2. The molecule has 5 rings (SSSR count). The largest absolute Gasteiger partial charge is 0.462 e. The summed E-state index contributed by atoms with van der Waals surface area (Å²) >= 11 is 0. The first-order valence-corrected chi connectivity index (χ1v) is 10.9. The molecule has 2 saturated carbocycles. The van der Waals surface area contributed by atoms with Crippen LogP contribution in [0.2, 0.25) is 0 Å². The molecule has 0 saturated heterocycles. The van der Waals surface area contributed by atoms with Crippen LogP contribution in [0, 0.1) is 22.7 Å². The smallest absolute Gasteiger partial charge is 0.302 e. The van der Waals surface area contributed by atoms with Crippen LogP contribution in [0.3, 0.4) is 0 Å². The SMILES string of the molecule is CC(=O)O[C@@H]1CC[C@]2(C)[C@H]3Cc4cc5ccccc5n4[C@@]3(C)CC[C@H]2C1(C)C. The van der Waals surface area contributed by atoms with Gasteiger partial charge in [-0.25, -0.2) is 0 Å². The molecule has 2 fully saturated rings. The summed E-state index contributed by atoms with van der Waals surface area (Å²) < 4.78 is 8.48. The molecule has 0 amide bonds. The van der Waals surface area contributed by atoms with E-state index in [9.17, 15) is 4.79 Å². The van der Waals surface area contributed by atoms with Crippen molar-refractivity contribution in [3.8, 4) is 0 Å². The fourth-order valence-electron chi connectivity index (χ4n) is 7.81. The molecule has 1 aliphatic heterocycles. The number of hydrogen-bond acceptors (Lipinski definition) is 2. The van der Waals surface area contributed by atoms with Gasteiger partial charge in [-0.05, 0) is 73.8 Å². The molecular formula is C25H33NO2. The molecular weight excluding hydrogens is 346 g/mol. The van der Waals surface area contributed by atoms with Crippen LogP contribution in [0.1, 0.15) is 66.0 Å². The fraction of sp³-hybridized carbons (Fsp3) is 0.640. The normalized spacial score (nSPS) is 38.5. The minimum Gasteiger partial charge on any atom is -0.462 e. The molecule has 28 heavy (non-hydrogen) atoms. The lowest BCUT2D eigenvalue weighted by molar-refractivity contribution is -0.185. The van der Waals surface area contributed by atoms with E-state index in [1.807, 2.05) is 0 Å². The van der Waals surface area contributed by atoms with Crippen LogP contribution < -0.4 is 0 Å². The number of rotatable bonds is 1. The first-order valence-electron chi connectivity index (χ1n) is 10.9. The van der Waals surface area contributed by atoms with Crippen molar-refractivity contribution in [2.24, 2.45) is 22.7 Å². The lowest BCUT2D eigenvalue weighted by Crippen LogP contribution is -2.60. The third kappa shape index (κ3) is 2.19. The highest BCUT2D eigenvalue weighted by molar-refractivity contribution is 5.82. The van der Waals surface area contributed by atoms with Crippen molar-refractivity contribution >= 4 is 16.9 Å². The Morgan fingerprint density at radius 1 is 1.07 bits per heavy atom. The second kappa shape index (κ2) is 5.64. The van der Waals surface area contributed by atoms with Crippen molar-refractivity contribution in [1.29, 1.82) is 0 Å². The van der Waals surface area contributed by atoms with Crippen LogP contribution in [-0.4, -0.2) is 16.6 Å². The molecule has 2 aliphatic carbocycles. The number of nitrogens with zero attached hydrogens (tertiary/aromatic N) is 1. The summed E-state index contributed by atoms with van der Waals surface area (Å²) in [5.41, 5.74) is 3.41. The maximum Gasteiger partial charge on any atom is 0.302 e. The topological polar surface area (TPSA) is 31.2 Å². The van der Waals surface area contributed by atoms with Gasteiger partial charge in [0.05, 0.1) is 0 Å². The molecule has 0 unspecified atom stereocenters. The zero-order chi connectivity index (χ0) is 19.9. The quantitative estimate of drug-likeness (QED) is 0.595. The third-order valence-corrected chi connectivity index (χ3v) is 8.97. The van der Waals surface area contributed by atoms with Gasteiger partial charge in [-0.3, -0.25) is 4.79 Å². The fourth-order valence-corrected chi connectivity index (χ4v) is 7.81. The molecule has 2 heterocycles. The number of ether oxygens (including phenoxy) is 1. The van der Waals surface area contributed by atoms with E-state index in [-0.39, 0.29) is 28.4 Å². The molecule has 0 radical (unpaired) electrons. The van der Waals surface area contributed by atoms with E-state index in [0.717, 1.165) is 12.8 Å². The van der Waals surface area contributed by atoms with Gasteiger partial charge >= 0.3 is 5.97 Å². The summed E-state index contributed by atoms with van der Waals surface area (Å²) in [6, 6.07) is 11.3. The number of carbonyl (C=O) groups excluding carboxylic acids is 1. The number of fused-ring (bicyclic) bond motifs is 7. The number of hydrogen-bond donors (Lipinski definition) is 0. The summed E-state index contributed by atoms with van der Waals surface area (Å²) in [5, 5.41) is 1.38. The zero-order valence-corrected chi connectivity index (χ0v) is 17.9. The highest BCUT2D eigenvalue weighted by atomic mass is 16.5. The molecule has 5 atom stereocenters. The Morgan fingerprint density at radius 3 is 2.57 bits per heavy atom. The van der Waals surface area contributed by atoms with E-state index < -0.39 is 0 Å². The van der Waals surface area contributed by atoms with Crippen LogP contribution in [0.4, 0.5) is 0 Å². The summed E-state index contributed by atoms with van der Waals surface area (Å²) in [5.74, 6) is 1.11. The molecule has 0 spiro atoms. The molecule has 3 aliphatic rings. The summed E-state index contributed by atoms with van der Waals surface area (Å²) in [6.45, 7) is 11.3. The van der Waals surface area contributed by atoms with Crippen molar-refractivity contribution < 1.29 is 9.53 Å². The van der Waals surface area contributed by atoms with Crippen LogP contribution in [-0.2, 0) is 21.5 Å². The predicted molar refractivity (Wildman–Crippen MR) is 112 cm³/mol. The van der Waals surface area contributed by atoms with Gasteiger partial charge < -0.3 is 9.30 Å². The highest BCUT2D eigenvalue weighted by Crippen LogP contribution is 2.66. The van der Waals surface area contributed by atoms with E-state index in [4.69, 9.17) is 4.74 Å². The number of esters is 1. The Morgan fingerprint density at radius 2 is 1.82 bits per heavy atom. The maximum atomic E-state index is 11.7. The molecule has 1 aromatic carbocycles. The van der Waals surface area contributed by atoms with Gasteiger partial charge in [0.25, 0.3) is 0 Å². The van der Waals surface area contributed by atoms with E-state index in [2.05, 4.69) is 62.6 Å². The highest BCUT2D eigenvalue weighted by Gasteiger charge is 2.63. The molecule has 1 aromatic heterocycles. The van der Waals surface area contributed by atoms with Crippen LogP contribution >= 0.6 is 0 Å². The molecule has 2 aromatic rings. The average molecular weight is 380 g/mol. The lowest BCUT2D eigenvalue weighted by atomic mass is 9.44. The summed E-state index contributed by atoms with van der Waals surface area (Å²) in [7, 11) is 0. The standard InChI is InChI=1S/C25H33NO2/c1-16(27)28-22-11-12-24(4)20(23(22,2)3)10-13-25(5)21(24)15-18-14-17-8-6-7-9-19(17)26(18)25/h6-9,14,20-22H,10-13,15H2,1-5H3/t20-,21+,22+,24-,25-/m0/s1. The van der Waals surface area contributed by atoms with Gasteiger partial charge in [-0.15, -0.1) is 0 Å². The van der Waals surface area contributed by atoms with Gasteiger partial charge in [-0.1, -0.05) is 39.0 Å². The van der Waals surface area contributed by atoms with E-state index in [0.29, 0.717) is 11.8 Å². The Hall–Kier alpha value is -1.77. The monoisotopic (exact) mass is 379 g/mol. The van der Waals surface area contributed by atoms with Crippen LogP contribution in [0.5, 0.6) is 0 Å². The van der Waals surface area contributed by atoms with Crippen LogP contribution in [0.15, 0.2) is 30.3 Å². The van der Waals surface area contributed by atoms with Crippen LogP contribution in [0.25, 0.3) is 10.9 Å². The van der Waals surface area contributed by atoms with Gasteiger partial charge in [0.2, 0.25) is 0 Å². The number of aromatic nitrogens is 1. The van der Waals surface area contributed by atoms with E-state index in [1.54, 1.807) is 6.92 Å². The second-order valence-corrected chi connectivity index (χ2v) is 10.7. The Kier molecular flexibility index (Phi) is 3.68. The third-order valence-electron chi connectivity index (χ3n) is 8.97. The van der Waals surface area contributed by atoms with E-state index >= 15 is 0 Å². The van der Waals surface area contributed by atoms with Crippen molar-refractivity contribution in [2.75, 3.05) is 0 Å². The minimum atomic E-state index is -0.134. The summed E-state index contributed by atoms with van der Waals surface area (Å²) in [4.78, 5) is 11.7. The van der Waals surface area contributed by atoms with Crippen molar-refractivity contribution in [2.45, 2.75) is 78.4 Å². The van der Waals surface area contributed by atoms with Crippen molar-refractivity contribution in [3.05, 3.63) is 36.0 Å². The summed E-state index contributed by atoms with van der Waals surface area (Å²) in [6.07, 6.45) is 5.78. The minimum absolute atomic E-state index is 0.0271. The number of carbonyl (C=O) groups is 1. The predicted octanol–water partition coefficient (Wildman–Crippen LogP) is 5.70. The Labute approximate surface area is 168 Å². The molecule has 0 bridgehead atoms.